The minimum Gasteiger partial charge on any atom is -0.465 e. The van der Waals surface area contributed by atoms with Gasteiger partial charge in [0.2, 0.25) is 5.91 Å². The maximum absolute atomic E-state index is 12.9. The highest BCUT2D eigenvalue weighted by atomic mass is 35.5. The van der Waals surface area contributed by atoms with Gasteiger partial charge in [0.05, 0.1) is 37.2 Å². The Bertz CT molecular complexity index is 920. The van der Waals surface area contributed by atoms with Gasteiger partial charge in [-0.2, -0.15) is 0 Å². The molecule has 9 heteroatoms. The number of halogens is 1. The third-order valence-electron chi connectivity index (χ3n) is 4.56. The van der Waals surface area contributed by atoms with Crippen molar-refractivity contribution in [3.63, 3.8) is 0 Å². The summed E-state index contributed by atoms with van der Waals surface area (Å²) in [6.07, 6.45) is 0.113. The monoisotopic (exact) mass is 436 g/mol. The van der Waals surface area contributed by atoms with Crippen molar-refractivity contribution in [1.82, 2.24) is 4.90 Å². The summed E-state index contributed by atoms with van der Waals surface area (Å²) in [4.78, 5) is 39.8. The smallest absolute Gasteiger partial charge is 0.341 e. The van der Waals surface area contributed by atoms with Crippen molar-refractivity contribution in [2.45, 2.75) is 13.3 Å². The second kappa shape index (κ2) is 9.39. The molecule has 1 N–H and O–H groups in total. The second-order valence-corrected chi connectivity index (χ2v) is 7.96. The number of ether oxygens (including phenoxy) is 2. The highest BCUT2D eigenvalue weighted by Crippen LogP contribution is 2.34. The SMILES string of the molecule is COC(=O)c1c(NC(=O)Cc2ccc(Cl)cc2)sc(C(=O)N2CCOCC2)c1C. The van der Waals surface area contributed by atoms with Crippen LogP contribution in [0.3, 0.4) is 0 Å². The van der Waals surface area contributed by atoms with Gasteiger partial charge in [-0.3, -0.25) is 9.59 Å². The summed E-state index contributed by atoms with van der Waals surface area (Å²) >= 11 is 6.96. The Hall–Kier alpha value is -2.42. The maximum Gasteiger partial charge on any atom is 0.341 e. The molecule has 2 amide bonds. The first-order valence-corrected chi connectivity index (χ1v) is 10.2. The maximum atomic E-state index is 12.9. The first-order chi connectivity index (χ1) is 13.9. The van der Waals surface area contributed by atoms with Crippen LogP contribution in [0.2, 0.25) is 5.02 Å². The zero-order valence-electron chi connectivity index (χ0n) is 16.1. The van der Waals surface area contributed by atoms with E-state index in [2.05, 4.69) is 5.32 Å². The van der Waals surface area contributed by atoms with E-state index in [1.165, 1.54) is 7.11 Å². The van der Waals surface area contributed by atoms with E-state index in [9.17, 15) is 14.4 Å². The van der Waals surface area contributed by atoms with E-state index in [0.717, 1.165) is 16.9 Å². The Labute approximate surface area is 177 Å². The molecule has 0 saturated carbocycles. The van der Waals surface area contributed by atoms with Gasteiger partial charge in [0.15, 0.2) is 0 Å². The Morgan fingerprint density at radius 2 is 1.86 bits per heavy atom. The topological polar surface area (TPSA) is 84.9 Å². The van der Waals surface area contributed by atoms with Gasteiger partial charge in [-0.15, -0.1) is 11.3 Å². The number of carbonyl (C=O) groups excluding carboxylic acids is 3. The molecule has 7 nitrogen and oxygen atoms in total. The molecule has 0 spiro atoms. The fourth-order valence-electron chi connectivity index (χ4n) is 3.02. The van der Waals surface area contributed by atoms with E-state index in [1.807, 2.05) is 0 Å². The summed E-state index contributed by atoms with van der Waals surface area (Å²) in [5, 5.41) is 3.65. The van der Waals surface area contributed by atoms with E-state index in [-0.39, 0.29) is 23.8 Å². The molecule has 0 atom stereocenters. The van der Waals surface area contributed by atoms with Crippen LogP contribution < -0.4 is 5.32 Å². The zero-order valence-corrected chi connectivity index (χ0v) is 17.7. The minimum atomic E-state index is -0.596. The summed E-state index contributed by atoms with van der Waals surface area (Å²) in [5.74, 6) is -1.08. The molecule has 29 heavy (non-hydrogen) atoms. The van der Waals surface area contributed by atoms with Crippen LogP contribution >= 0.6 is 22.9 Å². The number of hydrogen-bond acceptors (Lipinski definition) is 6. The Balaban J connectivity index is 1.84. The van der Waals surface area contributed by atoms with Gasteiger partial charge >= 0.3 is 5.97 Å². The van der Waals surface area contributed by atoms with E-state index in [4.69, 9.17) is 21.1 Å². The largest absolute Gasteiger partial charge is 0.465 e. The van der Waals surface area contributed by atoms with Gasteiger partial charge < -0.3 is 19.7 Å². The number of hydrogen-bond donors (Lipinski definition) is 1. The van der Waals surface area contributed by atoms with Gasteiger partial charge in [0, 0.05) is 18.1 Å². The number of nitrogens with one attached hydrogen (secondary N) is 1. The summed E-state index contributed by atoms with van der Waals surface area (Å²) < 4.78 is 10.2. The first-order valence-electron chi connectivity index (χ1n) is 9.03. The van der Waals surface area contributed by atoms with Crippen molar-refractivity contribution < 1.29 is 23.9 Å². The van der Waals surface area contributed by atoms with Crippen molar-refractivity contribution in [2.75, 3.05) is 38.7 Å². The number of nitrogens with zero attached hydrogens (tertiary/aromatic N) is 1. The van der Waals surface area contributed by atoms with Crippen molar-refractivity contribution in [3.05, 3.63) is 50.9 Å². The lowest BCUT2D eigenvalue weighted by Crippen LogP contribution is -2.40. The molecule has 2 heterocycles. The van der Waals surface area contributed by atoms with E-state index >= 15 is 0 Å². The van der Waals surface area contributed by atoms with Crippen LogP contribution in [0, 0.1) is 6.92 Å². The number of morpholine rings is 1. The van der Waals surface area contributed by atoms with Crippen molar-refractivity contribution >= 4 is 45.7 Å². The second-order valence-electron chi connectivity index (χ2n) is 6.51. The van der Waals surface area contributed by atoms with E-state index in [1.54, 1.807) is 36.1 Å². The highest BCUT2D eigenvalue weighted by molar-refractivity contribution is 7.18. The van der Waals surface area contributed by atoms with Gasteiger partial charge in [-0.1, -0.05) is 23.7 Å². The average molecular weight is 437 g/mol. The molecule has 1 aliphatic rings. The third kappa shape index (κ3) is 4.95. The lowest BCUT2D eigenvalue weighted by atomic mass is 10.1. The molecule has 0 bridgehead atoms. The normalized spacial score (nSPS) is 13.8. The highest BCUT2D eigenvalue weighted by Gasteiger charge is 2.29. The van der Waals surface area contributed by atoms with Gasteiger partial charge in [-0.25, -0.2) is 4.79 Å². The van der Waals surface area contributed by atoms with Crippen LogP contribution in [0.15, 0.2) is 24.3 Å². The average Bonchev–Trinajstić information content (AvgIpc) is 3.04. The molecule has 1 aliphatic heterocycles. The predicted molar refractivity (Wildman–Crippen MR) is 111 cm³/mol. The molecule has 1 aromatic carbocycles. The number of carbonyl (C=O) groups is 3. The molecule has 3 rings (SSSR count). The van der Waals surface area contributed by atoms with Crippen LogP contribution in [-0.4, -0.2) is 56.1 Å². The number of methoxy groups -OCH3 is 1. The van der Waals surface area contributed by atoms with E-state index in [0.29, 0.717) is 46.8 Å². The van der Waals surface area contributed by atoms with Gasteiger partial charge in [0.1, 0.15) is 5.00 Å². The van der Waals surface area contributed by atoms with Crippen LogP contribution in [0.1, 0.15) is 31.2 Å². The molecule has 154 valence electrons. The van der Waals surface area contributed by atoms with Gasteiger partial charge in [0.25, 0.3) is 5.91 Å². The van der Waals surface area contributed by atoms with E-state index < -0.39 is 5.97 Å². The number of thiophene rings is 1. The van der Waals surface area contributed by atoms with Crippen molar-refractivity contribution in [2.24, 2.45) is 0 Å². The number of benzene rings is 1. The van der Waals surface area contributed by atoms with Gasteiger partial charge in [-0.05, 0) is 30.2 Å². The molecular formula is C20H21ClN2O5S. The molecule has 1 fully saturated rings. The molecule has 1 saturated heterocycles. The molecule has 0 aliphatic carbocycles. The Kier molecular flexibility index (Phi) is 6.89. The fourth-order valence-corrected chi connectivity index (χ4v) is 4.33. The summed E-state index contributed by atoms with van der Waals surface area (Å²) in [6, 6.07) is 6.93. The number of amides is 2. The summed E-state index contributed by atoms with van der Waals surface area (Å²) in [5.41, 5.74) is 1.49. The molecular weight excluding hydrogens is 416 g/mol. The molecule has 2 aromatic rings. The summed E-state index contributed by atoms with van der Waals surface area (Å²) in [7, 11) is 1.27. The number of esters is 1. The Morgan fingerprint density at radius 3 is 2.48 bits per heavy atom. The number of rotatable bonds is 5. The predicted octanol–water partition coefficient (Wildman–Crippen LogP) is 3.15. The van der Waals surface area contributed by atoms with Crippen LogP contribution in [0.4, 0.5) is 5.00 Å². The standard InChI is InChI=1S/C20H21ClN2O5S/c1-12-16(20(26)27-2)18(22-15(24)11-13-3-5-14(21)6-4-13)29-17(12)19(25)23-7-9-28-10-8-23/h3-6H,7-11H2,1-2H3,(H,22,24). The van der Waals surface area contributed by atoms with Crippen LogP contribution in [0.5, 0.6) is 0 Å². The molecule has 0 radical (unpaired) electrons. The number of anilines is 1. The lowest BCUT2D eigenvalue weighted by molar-refractivity contribution is -0.115. The van der Waals surface area contributed by atoms with Crippen LogP contribution in [-0.2, 0) is 20.7 Å². The minimum absolute atomic E-state index is 0.113. The third-order valence-corrected chi connectivity index (χ3v) is 6.01. The summed E-state index contributed by atoms with van der Waals surface area (Å²) in [6.45, 7) is 3.62. The molecule has 1 aromatic heterocycles. The molecule has 0 unspecified atom stereocenters. The zero-order chi connectivity index (χ0) is 21.0. The quantitative estimate of drug-likeness (QED) is 0.728. The fraction of sp³-hybridized carbons (Fsp3) is 0.350. The van der Waals surface area contributed by atoms with Crippen molar-refractivity contribution in [1.29, 1.82) is 0 Å². The Morgan fingerprint density at radius 1 is 1.21 bits per heavy atom. The van der Waals surface area contributed by atoms with Crippen molar-refractivity contribution in [3.8, 4) is 0 Å². The van der Waals surface area contributed by atoms with Crippen LogP contribution in [0.25, 0.3) is 0 Å². The lowest BCUT2D eigenvalue weighted by Gasteiger charge is -2.26. The first kappa shape index (κ1) is 21.3.